The number of urea groups is 1. The van der Waals surface area contributed by atoms with Crippen molar-refractivity contribution in [1.82, 2.24) is 30.8 Å². The van der Waals surface area contributed by atoms with Crippen molar-refractivity contribution in [3.8, 4) is 0 Å². The van der Waals surface area contributed by atoms with E-state index in [1.54, 1.807) is 24.3 Å². The fraction of sp³-hybridized carbons (Fsp3) is 0.200. The van der Waals surface area contributed by atoms with Gasteiger partial charge in [-0.25, -0.2) is 4.79 Å². The number of fused-ring (bicyclic) bond motifs is 1. The minimum atomic E-state index is -1.46. The lowest BCUT2D eigenvalue weighted by Gasteiger charge is -2.27. The number of aromatic nitrogens is 2. The molecule has 10 nitrogen and oxygen atoms in total. The van der Waals surface area contributed by atoms with E-state index in [1.807, 2.05) is 37.3 Å². The predicted molar refractivity (Wildman–Crippen MR) is 147 cm³/mol. The van der Waals surface area contributed by atoms with E-state index in [9.17, 15) is 19.2 Å². The van der Waals surface area contributed by atoms with Gasteiger partial charge < -0.3 is 15.5 Å². The van der Waals surface area contributed by atoms with Gasteiger partial charge in [-0.3, -0.25) is 29.7 Å². The average Bonchev–Trinajstić information content (AvgIpc) is 3.46. The summed E-state index contributed by atoms with van der Waals surface area (Å²) < 4.78 is 0. The summed E-state index contributed by atoms with van der Waals surface area (Å²) in [6.45, 7) is 1.94. The highest BCUT2D eigenvalue weighted by molar-refractivity contribution is 6.09. The topological polar surface area (TPSA) is 133 Å². The van der Waals surface area contributed by atoms with Crippen LogP contribution < -0.4 is 16.0 Å². The van der Waals surface area contributed by atoms with E-state index < -0.39 is 29.4 Å². The molecule has 0 aliphatic carbocycles. The summed E-state index contributed by atoms with van der Waals surface area (Å²) in [6.07, 6.45) is 3.69. The van der Waals surface area contributed by atoms with Crippen LogP contribution in [0.5, 0.6) is 0 Å². The van der Waals surface area contributed by atoms with Gasteiger partial charge in [-0.2, -0.15) is 0 Å². The first-order valence-corrected chi connectivity index (χ1v) is 12.9. The fourth-order valence-electron chi connectivity index (χ4n) is 5.49. The van der Waals surface area contributed by atoms with Gasteiger partial charge >= 0.3 is 6.03 Å². The van der Waals surface area contributed by atoms with Crippen LogP contribution >= 0.6 is 0 Å². The highest BCUT2D eigenvalue weighted by Gasteiger charge is 2.58. The molecule has 2 saturated heterocycles. The molecule has 200 valence electrons. The lowest BCUT2D eigenvalue weighted by atomic mass is 9.93. The van der Waals surface area contributed by atoms with Crippen molar-refractivity contribution in [2.75, 3.05) is 13.1 Å². The van der Waals surface area contributed by atoms with Crippen LogP contribution in [0.1, 0.15) is 37.5 Å². The zero-order valence-electron chi connectivity index (χ0n) is 21.7. The largest absolute Gasteiger partial charge is 0.345 e. The van der Waals surface area contributed by atoms with E-state index in [4.69, 9.17) is 0 Å². The van der Waals surface area contributed by atoms with Crippen LogP contribution in [0.4, 0.5) is 4.79 Å². The Bertz CT molecular complexity index is 1660. The minimum absolute atomic E-state index is 0.0488. The number of likely N-dealkylation sites (tertiary alicyclic amines) is 1. The van der Waals surface area contributed by atoms with Crippen LogP contribution in [0.3, 0.4) is 0 Å². The summed E-state index contributed by atoms with van der Waals surface area (Å²) in [6, 6.07) is 19.0. The number of carbonyl (C=O) groups is 4. The van der Waals surface area contributed by atoms with Gasteiger partial charge in [-0.05, 0) is 60.9 Å². The molecule has 2 aromatic carbocycles. The van der Waals surface area contributed by atoms with Crippen molar-refractivity contribution in [2.45, 2.75) is 24.9 Å². The highest BCUT2D eigenvalue weighted by Crippen LogP contribution is 2.27. The number of rotatable bonds is 5. The molecule has 0 bridgehead atoms. The van der Waals surface area contributed by atoms with Gasteiger partial charge in [0.2, 0.25) is 0 Å². The molecule has 10 heteroatoms. The normalized spacial score (nSPS) is 20.0. The van der Waals surface area contributed by atoms with Crippen molar-refractivity contribution >= 4 is 34.7 Å². The summed E-state index contributed by atoms with van der Waals surface area (Å²) in [5.74, 6) is -1.31. The Kier molecular flexibility index (Phi) is 6.22. The summed E-state index contributed by atoms with van der Waals surface area (Å²) >= 11 is 0. The quantitative estimate of drug-likeness (QED) is 0.337. The van der Waals surface area contributed by atoms with Crippen LogP contribution in [-0.2, 0) is 11.2 Å². The zero-order chi connectivity index (χ0) is 27.9. The van der Waals surface area contributed by atoms with Gasteiger partial charge in [0.05, 0.1) is 18.1 Å². The number of pyridine rings is 2. The maximum absolute atomic E-state index is 13.3. The first-order chi connectivity index (χ1) is 19.3. The molecule has 5 amide bonds. The van der Waals surface area contributed by atoms with Crippen LogP contribution in [0, 0.1) is 6.92 Å². The Labute approximate surface area is 229 Å². The number of carbonyl (C=O) groups excluding carboxylic acids is 4. The number of hydrogen-bond donors (Lipinski definition) is 3. The van der Waals surface area contributed by atoms with Gasteiger partial charge in [0.15, 0.2) is 5.54 Å². The third-order valence-electron chi connectivity index (χ3n) is 7.47. The van der Waals surface area contributed by atoms with Crippen LogP contribution in [0.25, 0.3) is 10.9 Å². The molecule has 2 aliphatic rings. The molecule has 0 radical (unpaired) electrons. The van der Waals surface area contributed by atoms with E-state index >= 15 is 0 Å². The smallest absolute Gasteiger partial charge is 0.322 e. The molecular weight excluding hydrogens is 508 g/mol. The Morgan fingerprint density at radius 2 is 1.77 bits per heavy atom. The number of amides is 5. The van der Waals surface area contributed by atoms with E-state index in [0.717, 1.165) is 27.7 Å². The number of benzene rings is 2. The van der Waals surface area contributed by atoms with E-state index in [1.165, 1.54) is 17.3 Å². The average molecular weight is 535 g/mol. The molecule has 2 fully saturated rings. The van der Waals surface area contributed by atoms with Crippen molar-refractivity contribution in [2.24, 2.45) is 0 Å². The summed E-state index contributed by atoms with van der Waals surface area (Å²) in [5.41, 5.74) is 3.40. The first kappa shape index (κ1) is 25.2. The fourth-order valence-corrected chi connectivity index (χ4v) is 5.49. The Hall–Kier alpha value is -5.12. The molecular formula is C30H26N6O4. The van der Waals surface area contributed by atoms with Crippen molar-refractivity contribution in [1.29, 1.82) is 0 Å². The van der Waals surface area contributed by atoms with Crippen LogP contribution in [0.15, 0.2) is 79.1 Å². The van der Waals surface area contributed by atoms with Crippen LogP contribution in [-0.4, -0.2) is 63.3 Å². The SMILES string of the molecule is Cc1cc(Cc2ccc(C(=O)N[C@@H]3CN(C(=O)c4ccncc4)C[C@]34NC(=O)NC4=O)cc2)c2ccccc2n1. The number of aryl methyl sites for hydroxylation is 1. The highest BCUT2D eigenvalue weighted by atomic mass is 16.2. The second-order valence-electron chi connectivity index (χ2n) is 10.1. The number of nitrogens with zero attached hydrogens (tertiary/aromatic N) is 3. The van der Waals surface area contributed by atoms with Gasteiger partial charge in [0, 0.05) is 41.1 Å². The van der Waals surface area contributed by atoms with Crippen molar-refractivity contribution in [3.05, 3.63) is 107 Å². The third kappa shape index (κ3) is 4.53. The van der Waals surface area contributed by atoms with Crippen molar-refractivity contribution < 1.29 is 19.2 Å². The summed E-state index contributed by atoms with van der Waals surface area (Å²) in [5, 5.41) is 8.87. The molecule has 0 saturated carbocycles. The molecule has 2 atom stereocenters. The van der Waals surface area contributed by atoms with Crippen LogP contribution in [0.2, 0.25) is 0 Å². The Morgan fingerprint density at radius 3 is 2.50 bits per heavy atom. The maximum Gasteiger partial charge on any atom is 0.322 e. The monoisotopic (exact) mass is 534 g/mol. The second-order valence-corrected chi connectivity index (χ2v) is 10.1. The molecule has 3 N–H and O–H groups in total. The number of nitrogens with one attached hydrogen (secondary N) is 3. The van der Waals surface area contributed by atoms with Gasteiger partial charge in [0.1, 0.15) is 0 Å². The standard InChI is InChI=1S/C30H26N6O4/c1-18-14-22(23-4-2-3-5-24(23)32-18)15-19-6-8-20(9-7-19)26(37)33-25-16-36(27(38)21-10-12-31-13-11-21)17-30(25)28(39)34-29(40)35-30/h2-14,25H,15-17H2,1H3,(H,33,37)(H2,34,35,39,40)/t25-,30+/m1/s1. The number of imide groups is 1. The van der Waals surface area contributed by atoms with E-state index in [2.05, 4.69) is 38.1 Å². The first-order valence-electron chi connectivity index (χ1n) is 12.9. The Balaban J connectivity index is 1.20. The van der Waals surface area contributed by atoms with Gasteiger partial charge in [0.25, 0.3) is 17.7 Å². The lowest BCUT2D eigenvalue weighted by molar-refractivity contribution is -0.124. The molecule has 4 aromatic rings. The van der Waals surface area contributed by atoms with Gasteiger partial charge in [-0.15, -0.1) is 0 Å². The predicted octanol–water partition coefficient (Wildman–Crippen LogP) is 2.36. The Morgan fingerprint density at radius 1 is 1.02 bits per heavy atom. The lowest BCUT2D eigenvalue weighted by Crippen LogP contribution is -2.62. The summed E-state index contributed by atoms with van der Waals surface area (Å²) in [7, 11) is 0. The molecule has 40 heavy (non-hydrogen) atoms. The molecule has 2 aliphatic heterocycles. The minimum Gasteiger partial charge on any atom is -0.345 e. The molecule has 4 heterocycles. The third-order valence-corrected chi connectivity index (χ3v) is 7.47. The number of para-hydroxylation sites is 1. The molecule has 0 unspecified atom stereocenters. The second kappa shape index (κ2) is 9.88. The number of hydrogen-bond acceptors (Lipinski definition) is 6. The van der Waals surface area contributed by atoms with Crippen molar-refractivity contribution in [3.63, 3.8) is 0 Å². The zero-order valence-corrected chi connectivity index (χ0v) is 21.7. The van der Waals surface area contributed by atoms with E-state index in [0.29, 0.717) is 17.5 Å². The van der Waals surface area contributed by atoms with E-state index in [-0.39, 0.29) is 19.0 Å². The molecule has 6 rings (SSSR count). The maximum atomic E-state index is 13.3. The molecule has 2 aromatic heterocycles. The van der Waals surface area contributed by atoms with Gasteiger partial charge in [-0.1, -0.05) is 30.3 Å². The molecule has 1 spiro atoms. The summed E-state index contributed by atoms with van der Waals surface area (Å²) in [4.78, 5) is 61.3.